The van der Waals surface area contributed by atoms with Crippen LogP contribution < -0.4 is 9.47 Å². The number of amides is 1. The Morgan fingerprint density at radius 2 is 2.07 bits per heavy atom. The van der Waals surface area contributed by atoms with Crippen molar-refractivity contribution in [1.82, 2.24) is 15.1 Å². The van der Waals surface area contributed by atoms with Crippen molar-refractivity contribution in [1.29, 1.82) is 0 Å². The Labute approximate surface area is 179 Å². The molecule has 0 unspecified atom stereocenters. The Morgan fingerprint density at radius 1 is 1.23 bits per heavy atom. The van der Waals surface area contributed by atoms with E-state index in [1.165, 1.54) is 0 Å². The number of benzene rings is 1. The van der Waals surface area contributed by atoms with E-state index < -0.39 is 0 Å². The van der Waals surface area contributed by atoms with Gasteiger partial charge in [0.2, 0.25) is 0 Å². The zero-order valence-corrected chi connectivity index (χ0v) is 17.9. The monoisotopic (exact) mass is 427 g/mol. The van der Waals surface area contributed by atoms with Crippen LogP contribution >= 0.6 is 11.3 Å². The van der Waals surface area contributed by atoms with E-state index in [0.717, 1.165) is 23.3 Å². The highest BCUT2D eigenvalue weighted by molar-refractivity contribution is 7.09. The van der Waals surface area contributed by atoms with Gasteiger partial charge in [0.15, 0.2) is 0 Å². The van der Waals surface area contributed by atoms with Gasteiger partial charge in [0.25, 0.3) is 5.91 Å². The Bertz CT molecular complexity index is 980. The molecule has 30 heavy (non-hydrogen) atoms. The second kappa shape index (κ2) is 9.32. The van der Waals surface area contributed by atoms with E-state index in [1.807, 2.05) is 34.5 Å². The molecule has 0 aliphatic carbocycles. The van der Waals surface area contributed by atoms with Crippen molar-refractivity contribution in [3.8, 4) is 22.8 Å². The number of nitrogens with zero attached hydrogens (tertiary/aromatic N) is 2. The summed E-state index contributed by atoms with van der Waals surface area (Å²) >= 11 is 1.66. The molecule has 0 atom stereocenters. The van der Waals surface area contributed by atoms with Gasteiger partial charge >= 0.3 is 0 Å². The summed E-state index contributed by atoms with van der Waals surface area (Å²) in [6.45, 7) is 1.93. The number of rotatable bonds is 7. The quantitative estimate of drug-likeness (QED) is 0.617. The van der Waals surface area contributed by atoms with Gasteiger partial charge in [-0.05, 0) is 48.6 Å². The van der Waals surface area contributed by atoms with Crippen LogP contribution in [-0.2, 0) is 11.3 Å². The van der Waals surface area contributed by atoms with Gasteiger partial charge < -0.3 is 19.1 Å². The van der Waals surface area contributed by atoms with Gasteiger partial charge in [-0.2, -0.15) is 5.10 Å². The van der Waals surface area contributed by atoms with Gasteiger partial charge in [-0.1, -0.05) is 6.07 Å². The number of aromatic amines is 1. The lowest BCUT2D eigenvalue weighted by Crippen LogP contribution is -2.43. The molecule has 0 saturated carbocycles. The van der Waals surface area contributed by atoms with Crippen molar-refractivity contribution >= 4 is 17.2 Å². The molecule has 1 N–H and O–H groups in total. The fourth-order valence-electron chi connectivity index (χ4n) is 3.67. The van der Waals surface area contributed by atoms with Crippen LogP contribution in [0.5, 0.6) is 11.5 Å². The first kappa shape index (κ1) is 20.4. The molecule has 4 rings (SSSR count). The molecular formula is C22H25N3O4S. The summed E-state index contributed by atoms with van der Waals surface area (Å²) in [4.78, 5) is 16.6. The van der Waals surface area contributed by atoms with E-state index in [9.17, 15) is 4.79 Å². The second-order valence-electron chi connectivity index (χ2n) is 7.09. The predicted molar refractivity (Wildman–Crippen MR) is 115 cm³/mol. The number of ether oxygens (including phenoxy) is 3. The maximum absolute atomic E-state index is 13.5. The molecule has 7 nitrogen and oxygen atoms in total. The van der Waals surface area contributed by atoms with Crippen LogP contribution in [0.2, 0.25) is 0 Å². The van der Waals surface area contributed by atoms with E-state index in [1.54, 1.807) is 31.6 Å². The summed E-state index contributed by atoms with van der Waals surface area (Å²) in [5.74, 6) is 1.31. The van der Waals surface area contributed by atoms with E-state index in [0.29, 0.717) is 42.6 Å². The average Bonchev–Trinajstić information content (AvgIpc) is 3.49. The number of carbonyl (C=O) groups excluding carboxylic acids is 1. The Morgan fingerprint density at radius 3 is 2.77 bits per heavy atom. The largest absolute Gasteiger partial charge is 0.497 e. The highest BCUT2D eigenvalue weighted by Gasteiger charge is 2.28. The third-order valence-electron chi connectivity index (χ3n) is 5.29. The standard InChI is InChI=1S/C22H25N3O4S/c1-27-16-5-6-21(28-2)18(12-16)19-13-20(24-23-19)22(26)25(14-17-4-3-11-30-17)15-7-9-29-10-8-15/h3-6,11-13,15H,7-10,14H2,1-2H3,(H,23,24). The maximum Gasteiger partial charge on any atom is 0.272 e. The zero-order valence-electron chi connectivity index (χ0n) is 17.1. The number of nitrogens with one attached hydrogen (secondary N) is 1. The van der Waals surface area contributed by atoms with Crippen LogP contribution in [0.25, 0.3) is 11.3 Å². The molecule has 0 spiro atoms. The molecule has 0 bridgehead atoms. The number of thiophene rings is 1. The van der Waals surface area contributed by atoms with Gasteiger partial charge in [-0.15, -0.1) is 11.3 Å². The fraction of sp³-hybridized carbons (Fsp3) is 0.364. The number of hydrogen-bond acceptors (Lipinski definition) is 6. The highest BCUT2D eigenvalue weighted by atomic mass is 32.1. The van der Waals surface area contributed by atoms with Crippen molar-refractivity contribution in [2.45, 2.75) is 25.4 Å². The molecule has 3 aromatic rings. The van der Waals surface area contributed by atoms with Crippen LogP contribution in [0.3, 0.4) is 0 Å². The van der Waals surface area contributed by atoms with Crippen LogP contribution in [0.15, 0.2) is 41.8 Å². The van der Waals surface area contributed by atoms with Gasteiger partial charge in [0, 0.05) is 29.7 Å². The van der Waals surface area contributed by atoms with Gasteiger partial charge in [-0.25, -0.2) is 0 Å². The summed E-state index contributed by atoms with van der Waals surface area (Å²) in [6.07, 6.45) is 1.67. The van der Waals surface area contributed by atoms with Crippen molar-refractivity contribution in [3.63, 3.8) is 0 Å². The smallest absolute Gasteiger partial charge is 0.272 e. The number of aromatic nitrogens is 2. The first-order chi connectivity index (χ1) is 14.7. The summed E-state index contributed by atoms with van der Waals surface area (Å²) in [5.41, 5.74) is 1.86. The molecule has 1 aliphatic heterocycles. The number of hydrogen-bond donors (Lipinski definition) is 1. The van der Waals surface area contributed by atoms with Crippen LogP contribution in [0.4, 0.5) is 0 Å². The lowest BCUT2D eigenvalue weighted by Gasteiger charge is -2.33. The Kier molecular flexibility index (Phi) is 6.35. The van der Waals surface area contributed by atoms with Crippen molar-refractivity contribution in [2.75, 3.05) is 27.4 Å². The Hall–Kier alpha value is -2.84. The van der Waals surface area contributed by atoms with Gasteiger partial charge in [0.05, 0.1) is 26.5 Å². The molecule has 0 radical (unpaired) electrons. The van der Waals surface area contributed by atoms with E-state index >= 15 is 0 Å². The van der Waals surface area contributed by atoms with Crippen molar-refractivity contribution in [3.05, 3.63) is 52.3 Å². The molecule has 3 heterocycles. The zero-order chi connectivity index (χ0) is 20.9. The molecule has 2 aromatic heterocycles. The molecule has 1 aromatic carbocycles. The van der Waals surface area contributed by atoms with E-state index in [2.05, 4.69) is 16.3 Å². The molecule has 1 fully saturated rings. The first-order valence-electron chi connectivity index (χ1n) is 9.88. The molecule has 1 aliphatic rings. The van der Waals surface area contributed by atoms with Gasteiger partial charge in [0.1, 0.15) is 17.2 Å². The molecule has 8 heteroatoms. The topological polar surface area (TPSA) is 76.7 Å². The normalized spacial score (nSPS) is 14.5. The summed E-state index contributed by atoms with van der Waals surface area (Å²) in [7, 11) is 3.22. The lowest BCUT2D eigenvalue weighted by molar-refractivity contribution is 0.0266. The number of H-pyrrole nitrogens is 1. The molecule has 1 saturated heterocycles. The fourth-order valence-corrected chi connectivity index (χ4v) is 4.37. The third-order valence-corrected chi connectivity index (χ3v) is 6.15. The minimum absolute atomic E-state index is 0.0593. The maximum atomic E-state index is 13.5. The predicted octanol–water partition coefficient (Wildman–Crippen LogP) is 3.98. The highest BCUT2D eigenvalue weighted by Crippen LogP contribution is 2.33. The minimum Gasteiger partial charge on any atom is -0.497 e. The third kappa shape index (κ3) is 4.34. The van der Waals surface area contributed by atoms with Gasteiger partial charge in [-0.3, -0.25) is 9.89 Å². The van der Waals surface area contributed by atoms with Crippen molar-refractivity contribution in [2.24, 2.45) is 0 Å². The van der Waals surface area contributed by atoms with Crippen LogP contribution in [-0.4, -0.2) is 54.5 Å². The summed E-state index contributed by atoms with van der Waals surface area (Å²) in [6, 6.07) is 11.5. The molecular weight excluding hydrogens is 402 g/mol. The van der Waals surface area contributed by atoms with Crippen molar-refractivity contribution < 1.29 is 19.0 Å². The van der Waals surface area contributed by atoms with Crippen LogP contribution in [0.1, 0.15) is 28.2 Å². The SMILES string of the molecule is COc1ccc(OC)c(-c2cc(C(=O)N(Cc3cccs3)C3CCOCC3)[nH]n2)c1. The molecule has 158 valence electrons. The summed E-state index contributed by atoms with van der Waals surface area (Å²) < 4.78 is 16.3. The van der Waals surface area contributed by atoms with Crippen LogP contribution in [0, 0.1) is 0 Å². The average molecular weight is 428 g/mol. The first-order valence-corrected chi connectivity index (χ1v) is 10.8. The summed E-state index contributed by atoms with van der Waals surface area (Å²) in [5, 5.41) is 9.35. The number of methoxy groups -OCH3 is 2. The van der Waals surface area contributed by atoms with E-state index in [-0.39, 0.29) is 11.9 Å². The minimum atomic E-state index is -0.0593. The lowest BCUT2D eigenvalue weighted by atomic mass is 10.1. The second-order valence-corrected chi connectivity index (χ2v) is 8.12. The molecule has 1 amide bonds. The van der Waals surface area contributed by atoms with E-state index in [4.69, 9.17) is 14.2 Å². The number of carbonyl (C=O) groups is 1. The Balaban J connectivity index is 1.62.